The lowest BCUT2D eigenvalue weighted by atomic mass is 10.1. The van der Waals surface area contributed by atoms with E-state index in [1.807, 2.05) is 24.3 Å². The van der Waals surface area contributed by atoms with Gasteiger partial charge in [0, 0.05) is 30.2 Å². The normalized spacial score (nSPS) is 14.3. The summed E-state index contributed by atoms with van der Waals surface area (Å²) in [6, 6.07) is 17.2. The summed E-state index contributed by atoms with van der Waals surface area (Å²) in [6.07, 6.45) is 1.02. The van der Waals surface area contributed by atoms with Crippen molar-refractivity contribution in [1.29, 1.82) is 0 Å². The Bertz CT molecular complexity index is 1020. The molecule has 1 amide bonds. The molecule has 0 saturated carbocycles. The lowest BCUT2D eigenvalue weighted by molar-refractivity contribution is 0.0948. The Hall–Kier alpha value is -3.08. The Morgan fingerprint density at radius 2 is 1.96 bits per heavy atom. The standard InChI is InChI=1S/C21H20N2O3/c1-14(23-11-10-15-6-2-4-8-18(15)23)13-22-20(24)17-12-16-7-3-5-9-19(16)26-21(17)25/h2-9,12,14H,10-11,13H2,1H3,(H,22,24)/t14-/m0/s1. The fourth-order valence-electron chi connectivity index (χ4n) is 3.49. The maximum absolute atomic E-state index is 12.5. The molecular formula is C21H20N2O3. The van der Waals surface area contributed by atoms with Crippen LogP contribution >= 0.6 is 0 Å². The number of anilines is 1. The van der Waals surface area contributed by atoms with Crippen LogP contribution in [0.3, 0.4) is 0 Å². The molecule has 2 aromatic carbocycles. The van der Waals surface area contributed by atoms with Crippen LogP contribution in [0, 0.1) is 0 Å². The highest BCUT2D eigenvalue weighted by molar-refractivity contribution is 5.96. The summed E-state index contributed by atoms with van der Waals surface area (Å²) in [5.74, 6) is -0.399. The smallest absolute Gasteiger partial charge is 0.349 e. The molecule has 0 aliphatic carbocycles. The van der Waals surface area contributed by atoms with Gasteiger partial charge in [-0.2, -0.15) is 0 Å². The number of nitrogens with zero attached hydrogens (tertiary/aromatic N) is 1. The Labute approximate surface area is 151 Å². The average Bonchev–Trinajstić information content (AvgIpc) is 3.09. The first-order chi connectivity index (χ1) is 12.6. The number of nitrogens with one attached hydrogen (secondary N) is 1. The van der Waals surface area contributed by atoms with Gasteiger partial charge in [-0.05, 0) is 37.1 Å². The Morgan fingerprint density at radius 3 is 2.85 bits per heavy atom. The van der Waals surface area contributed by atoms with Crippen LogP contribution in [-0.2, 0) is 6.42 Å². The van der Waals surface area contributed by atoms with Crippen molar-refractivity contribution in [1.82, 2.24) is 5.32 Å². The van der Waals surface area contributed by atoms with Gasteiger partial charge in [-0.3, -0.25) is 4.79 Å². The SMILES string of the molecule is C[C@@H](CNC(=O)c1cc2ccccc2oc1=O)N1CCc2ccccc21. The maximum Gasteiger partial charge on any atom is 0.349 e. The number of carbonyl (C=O) groups is 1. The molecule has 0 spiro atoms. The van der Waals surface area contributed by atoms with Crippen LogP contribution in [0.1, 0.15) is 22.8 Å². The van der Waals surface area contributed by atoms with Gasteiger partial charge in [-0.1, -0.05) is 36.4 Å². The number of fused-ring (bicyclic) bond motifs is 2. The number of hydrogen-bond donors (Lipinski definition) is 1. The first kappa shape index (κ1) is 16.4. The number of benzene rings is 2. The number of rotatable bonds is 4. The van der Waals surface area contributed by atoms with Gasteiger partial charge in [0.1, 0.15) is 11.1 Å². The molecular weight excluding hydrogens is 328 g/mol. The van der Waals surface area contributed by atoms with Gasteiger partial charge in [0.05, 0.1) is 0 Å². The summed E-state index contributed by atoms with van der Waals surface area (Å²) in [6.45, 7) is 3.47. The molecule has 0 fully saturated rings. The molecule has 0 unspecified atom stereocenters. The third-order valence-electron chi connectivity index (χ3n) is 4.90. The van der Waals surface area contributed by atoms with E-state index in [1.54, 1.807) is 18.2 Å². The summed E-state index contributed by atoms with van der Waals surface area (Å²) in [4.78, 5) is 26.9. The molecule has 1 aliphatic heterocycles. The van der Waals surface area contributed by atoms with Crippen LogP contribution in [0.15, 0.2) is 63.8 Å². The van der Waals surface area contributed by atoms with E-state index in [0.717, 1.165) is 18.4 Å². The summed E-state index contributed by atoms with van der Waals surface area (Å²) in [7, 11) is 0. The third-order valence-corrected chi connectivity index (χ3v) is 4.90. The lowest BCUT2D eigenvalue weighted by Crippen LogP contribution is -2.42. The van der Waals surface area contributed by atoms with Gasteiger partial charge in [-0.25, -0.2) is 4.79 Å². The molecule has 0 radical (unpaired) electrons. The quantitative estimate of drug-likeness (QED) is 0.737. The van der Waals surface area contributed by atoms with Gasteiger partial charge >= 0.3 is 5.63 Å². The molecule has 1 N–H and O–H groups in total. The highest BCUT2D eigenvalue weighted by Gasteiger charge is 2.23. The van der Waals surface area contributed by atoms with Crippen molar-refractivity contribution >= 4 is 22.6 Å². The van der Waals surface area contributed by atoms with Gasteiger partial charge in [0.2, 0.25) is 0 Å². The van der Waals surface area contributed by atoms with Crippen molar-refractivity contribution in [3.63, 3.8) is 0 Å². The second-order valence-electron chi connectivity index (χ2n) is 6.62. The van der Waals surface area contributed by atoms with E-state index < -0.39 is 11.5 Å². The van der Waals surface area contributed by atoms with Gasteiger partial charge in [-0.15, -0.1) is 0 Å². The van der Waals surface area contributed by atoms with E-state index in [4.69, 9.17) is 4.42 Å². The molecule has 0 saturated heterocycles. The highest BCUT2D eigenvalue weighted by Crippen LogP contribution is 2.28. The Morgan fingerprint density at radius 1 is 1.19 bits per heavy atom. The van der Waals surface area contributed by atoms with E-state index in [9.17, 15) is 9.59 Å². The molecule has 0 bridgehead atoms. The molecule has 132 valence electrons. The first-order valence-electron chi connectivity index (χ1n) is 8.79. The van der Waals surface area contributed by atoms with Crippen LogP contribution in [0.4, 0.5) is 5.69 Å². The summed E-state index contributed by atoms with van der Waals surface area (Å²) in [5, 5.41) is 3.61. The minimum Gasteiger partial charge on any atom is -0.422 e. The number of carbonyl (C=O) groups excluding carboxylic acids is 1. The zero-order valence-corrected chi connectivity index (χ0v) is 14.6. The van der Waals surface area contributed by atoms with Crippen molar-refractivity contribution in [2.24, 2.45) is 0 Å². The largest absolute Gasteiger partial charge is 0.422 e. The molecule has 4 rings (SSSR count). The summed E-state index contributed by atoms with van der Waals surface area (Å²) >= 11 is 0. The molecule has 5 nitrogen and oxygen atoms in total. The predicted molar refractivity (Wildman–Crippen MR) is 102 cm³/mol. The molecule has 1 atom stereocenters. The van der Waals surface area contributed by atoms with Crippen molar-refractivity contribution in [2.75, 3.05) is 18.0 Å². The fraction of sp³-hybridized carbons (Fsp3) is 0.238. The van der Waals surface area contributed by atoms with Crippen LogP contribution in [0.25, 0.3) is 11.0 Å². The predicted octanol–water partition coefficient (Wildman–Crippen LogP) is 2.97. The number of para-hydroxylation sites is 2. The molecule has 2 heterocycles. The van der Waals surface area contributed by atoms with Crippen molar-refractivity contribution in [3.05, 3.63) is 76.1 Å². The van der Waals surface area contributed by atoms with Crippen molar-refractivity contribution < 1.29 is 9.21 Å². The molecule has 26 heavy (non-hydrogen) atoms. The van der Waals surface area contributed by atoms with Gasteiger partial charge in [0.15, 0.2) is 0 Å². The van der Waals surface area contributed by atoms with Crippen molar-refractivity contribution in [3.8, 4) is 0 Å². The van der Waals surface area contributed by atoms with Gasteiger partial charge in [0.25, 0.3) is 5.91 Å². The van der Waals surface area contributed by atoms with E-state index in [1.165, 1.54) is 11.3 Å². The number of amides is 1. The van der Waals surface area contributed by atoms with Crippen LogP contribution < -0.4 is 15.8 Å². The number of hydrogen-bond acceptors (Lipinski definition) is 4. The molecule has 3 aromatic rings. The van der Waals surface area contributed by atoms with E-state index in [2.05, 4.69) is 29.3 Å². The third kappa shape index (κ3) is 2.96. The van der Waals surface area contributed by atoms with Crippen LogP contribution in [0.5, 0.6) is 0 Å². The molecule has 1 aromatic heterocycles. The van der Waals surface area contributed by atoms with E-state index >= 15 is 0 Å². The lowest BCUT2D eigenvalue weighted by Gasteiger charge is -2.27. The second-order valence-corrected chi connectivity index (χ2v) is 6.62. The highest BCUT2D eigenvalue weighted by atomic mass is 16.4. The van der Waals surface area contributed by atoms with E-state index in [0.29, 0.717) is 12.1 Å². The topological polar surface area (TPSA) is 62.6 Å². The second kappa shape index (κ2) is 6.67. The van der Waals surface area contributed by atoms with Crippen LogP contribution in [0.2, 0.25) is 0 Å². The Kier molecular flexibility index (Phi) is 4.21. The average molecular weight is 348 g/mol. The zero-order chi connectivity index (χ0) is 18.1. The molecule has 5 heteroatoms. The summed E-state index contributed by atoms with van der Waals surface area (Å²) in [5.41, 5.74) is 2.47. The summed E-state index contributed by atoms with van der Waals surface area (Å²) < 4.78 is 5.24. The van der Waals surface area contributed by atoms with E-state index in [-0.39, 0.29) is 11.6 Å². The van der Waals surface area contributed by atoms with Crippen molar-refractivity contribution in [2.45, 2.75) is 19.4 Å². The Balaban J connectivity index is 1.48. The monoisotopic (exact) mass is 348 g/mol. The minimum atomic E-state index is -0.611. The minimum absolute atomic E-state index is 0.0396. The molecule has 1 aliphatic rings. The zero-order valence-electron chi connectivity index (χ0n) is 14.6. The maximum atomic E-state index is 12.5. The van der Waals surface area contributed by atoms with Gasteiger partial charge < -0.3 is 14.6 Å². The first-order valence-corrected chi connectivity index (χ1v) is 8.79. The fourth-order valence-corrected chi connectivity index (χ4v) is 3.49. The van der Waals surface area contributed by atoms with Crippen LogP contribution in [-0.4, -0.2) is 25.0 Å².